The number of urea groups is 1. The first kappa shape index (κ1) is 22.5. The van der Waals surface area contributed by atoms with Crippen LogP contribution in [0.2, 0.25) is 0 Å². The lowest BCUT2D eigenvalue weighted by atomic mass is 9.99. The van der Waals surface area contributed by atoms with Crippen LogP contribution < -0.4 is 10.6 Å². The van der Waals surface area contributed by atoms with Crippen molar-refractivity contribution in [1.82, 2.24) is 20.6 Å². The number of hydrogen-bond donors (Lipinski definition) is 3. The van der Waals surface area contributed by atoms with E-state index in [9.17, 15) is 4.79 Å². The Balaban J connectivity index is 1.68. The summed E-state index contributed by atoms with van der Waals surface area (Å²) in [5.74, 6) is 0.519. The molecule has 1 aromatic heterocycles. The molecule has 0 fully saturated rings. The molecule has 3 aromatic carbocycles. The molecule has 33 heavy (non-hydrogen) atoms. The molecule has 0 radical (unpaired) electrons. The van der Waals surface area contributed by atoms with Gasteiger partial charge in [-0.25, -0.2) is 4.79 Å². The fourth-order valence-corrected chi connectivity index (χ4v) is 4.36. The molecule has 0 atom stereocenters. The number of nitrogens with zero attached hydrogens (tertiary/aromatic N) is 3. The zero-order valence-electron chi connectivity index (χ0n) is 19.0. The van der Waals surface area contributed by atoms with Crippen LogP contribution in [0.1, 0.15) is 26.3 Å². The van der Waals surface area contributed by atoms with Crippen molar-refractivity contribution in [2.45, 2.75) is 37.3 Å². The first-order valence-electron chi connectivity index (χ1n) is 10.6. The highest BCUT2D eigenvalue weighted by Gasteiger charge is 2.18. The second kappa shape index (κ2) is 9.46. The van der Waals surface area contributed by atoms with Gasteiger partial charge in [0.2, 0.25) is 5.82 Å². The van der Waals surface area contributed by atoms with Crippen molar-refractivity contribution in [2.75, 3.05) is 10.6 Å². The quantitative estimate of drug-likeness (QED) is 0.302. The van der Waals surface area contributed by atoms with Crippen LogP contribution in [-0.4, -0.2) is 31.4 Å². The predicted molar refractivity (Wildman–Crippen MR) is 134 cm³/mol. The summed E-state index contributed by atoms with van der Waals surface area (Å²) < 4.78 is -0.0199. The first-order valence-corrected chi connectivity index (χ1v) is 11.4. The van der Waals surface area contributed by atoms with Gasteiger partial charge in [-0.15, -0.1) is 22.0 Å². The van der Waals surface area contributed by atoms with Gasteiger partial charge in [-0.1, -0.05) is 68.8 Å². The number of aromatic nitrogens is 4. The van der Waals surface area contributed by atoms with Gasteiger partial charge in [-0.2, -0.15) is 5.21 Å². The van der Waals surface area contributed by atoms with Crippen LogP contribution in [0.25, 0.3) is 22.5 Å². The van der Waals surface area contributed by atoms with Gasteiger partial charge >= 0.3 is 6.03 Å². The second-order valence-electron chi connectivity index (χ2n) is 8.65. The Morgan fingerprint density at radius 1 is 0.939 bits per heavy atom. The van der Waals surface area contributed by atoms with E-state index in [0.717, 1.165) is 38.5 Å². The maximum atomic E-state index is 12.8. The van der Waals surface area contributed by atoms with Gasteiger partial charge < -0.3 is 10.6 Å². The van der Waals surface area contributed by atoms with E-state index in [1.54, 1.807) is 11.8 Å². The summed E-state index contributed by atoms with van der Waals surface area (Å²) in [6, 6.07) is 21.4. The zero-order valence-corrected chi connectivity index (χ0v) is 19.8. The summed E-state index contributed by atoms with van der Waals surface area (Å²) in [5, 5.41) is 20.4. The van der Waals surface area contributed by atoms with E-state index in [0.29, 0.717) is 5.82 Å². The molecule has 2 amide bonds. The number of carbonyl (C=O) groups is 1. The van der Waals surface area contributed by atoms with E-state index < -0.39 is 0 Å². The molecule has 4 aromatic rings. The van der Waals surface area contributed by atoms with Gasteiger partial charge in [0, 0.05) is 20.9 Å². The molecular weight excluding hydrogens is 432 g/mol. The minimum Gasteiger partial charge on any atom is -0.308 e. The Morgan fingerprint density at radius 3 is 2.33 bits per heavy atom. The third-order valence-corrected chi connectivity index (χ3v) is 5.97. The Kier molecular flexibility index (Phi) is 6.46. The molecule has 0 saturated heterocycles. The van der Waals surface area contributed by atoms with Gasteiger partial charge in [0.15, 0.2) is 0 Å². The van der Waals surface area contributed by atoms with Crippen LogP contribution in [0.15, 0.2) is 71.6 Å². The minimum atomic E-state index is -0.293. The van der Waals surface area contributed by atoms with Crippen molar-refractivity contribution in [3.05, 3.63) is 72.3 Å². The third kappa shape index (κ3) is 5.78. The SMILES string of the molecule is Cc1ccc(NC(=O)Nc2cc(-c3ccccc3-c3nn[nH]n3)ccc2SC(C)(C)C)cc1. The minimum absolute atomic E-state index is 0.0199. The lowest BCUT2D eigenvalue weighted by molar-refractivity contribution is 0.262. The van der Waals surface area contributed by atoms with Gasteiger partial charge in [-0.05, 0) is 47.5 Å². The van der Waals surface area contributed by atoms with Crippen molar-refractivity contribution in [2.24, 2.45) is 0 Å². The molecule has 0 aliphatic carbocycles. The molecule has 4 rings (SSSR count). The maximum Gasteiger partial charge on any atom is 0.323 e. The molecule has 168 valence electrons. The van der Waals surface area contributed by atoms with E-state index >= 15 is 0 Å². The third-order valence-electron chi connectivity index (χ3n) is 4.78. The van der Waals surface area contributed by atoms with E-state index in [1.165, 1.54) is 0 Å². The number of carbonyl (C=O) groups excluding carboxylic acids is 1. The number of nitrogens with one attached hydrogen (secondary N) is 3. The van der Waals surface area contributed by atoms with E-state index in [4.69, 9.17) is 0 Å². The lowest BCUT2D eigenvalue weighted by Gasteiger charge is -2.21. The molecule has 0 aliphatic heterocycles. The molecule has 0 aliphatic rings. The summed E-state index contributed by atoms with van der Waals surface area (Å²) in [4.78, 5) is 13.8. The number of thioether (sulfide) groups is 1. The van der Waals surface area contributed by atoms with Crippen LogP contribution >= 0.6 is 11.8 Å². The van der Waals surface area contributed by atoms with Gasteiger partial charge in [0.25, 0.3) is 0 Å². The zero-order chi connectivity index (χ0) is 23.4. The van der Waals surface area contributed by atoms with Crippen molar-refractivity contribution < 1.29 is 4.79 Å². The summed E-state index contributed by atoms with van der Waals surface area (Å²) >= 11 is 1.70. The molecular formula is C25H26N6OS. The van der Waals surface area contributed by atoms with Crippen LogP contribution in [0.3, 0.4) is 0 Å². The Hall–Kier alpha value is -3.65. The molecule has 8 heteroatoms. The normalized spacial score (nSPS) is 11.3. The largest absolute Gasteiger partial charge is 0.323 e. The molecule has 0 spiro atoms. The van der Waals surface area contributed by atoms with Crippen LogP contribution in [-0.2, 0) is 0 Å². The fourth-order valence-electron chi connectivity index (χ4n) is 3.34. The molecule has 1 heterocycles. The van der Waals surface area contributed by atoms with E-state index in [-0.39, 0.29) is 10.8 Å². The average molecular weight is 459 g/mol. The second-order valence-corrected chi connectivity index (χ2v) is 10.5. The Labute approximate surface area is 197 Å². The molecule has 0 saturated carbocycles. The van der Waals surface area contributed by atoms with Crippen molar-refractivity contribution in [1.29, 1.82) is 0 Å². The molecule has 3 N–H and O–H groups in total. The summed E-state index contributed by atoms with van der Waals surface area (Å²) in [6.07, 6.45) is 0. The monoisotopic (exact) mass is 458 g/mol. The number of rotatable bonds is 5. The lowest BCUT2D eigenvalue weighted by Crippen LogP contribution is -2.20. The highest BCUT2D eigenvalue weighted by atomic mass is 32.2. The summed E-state index contributed by atoms with van der Waals surface area (Å²) in [7, 11) is 0. The number of amides is 2. The number of hydrogen-bond acceptors (Lipinski definition) is 5. The summed E-state index contributed by atoms with van der Waals surface area (Å²) in [6.45, 7) is 8.45. The smallest absolute Gasteiger partial charge is 0.308 e. The van der Waals surface area contributed by atoms with Crippen LogP contribution in [0.5, 0.6) is 0 Å². The van der Waals surface area contributed by atoms with Crippen LogP contribution in [0, 0.1) is 6.92 Å². The number of H-pyrrole nitrogens is 1. The highest BCUT2D eigenvalue weighted by Crippen LogP contribution is 2.40. The Morgan fingerprint density at radius 2 is 1.67 bits per heavy atom. The number of aromatic amines is 1. The predicted octanol–water partition coefficient (Wildman–Crippen LogP) is 6.38. The maximum absolute atomic E-state index is 12.8. The van der Waals surface area contributed by atoms with E-state index in [1.807, 2.05) is 67.6 Å². The fraction of sp³-hybridized carbons (Fsp3) is 0.200. The average Bonchev–Trinajstić information content (AvgIpc) is 3.30. The number of tetrazole rings is 1. The molecule has 0 bridgehead atoms. The Bertz CT molecular complexity index is 1250. The topological polar surface area (TPSA) is 95.6 Å². The standard InChI is InChI=1S/C25H26N6OS/c1-16-9-12-18(13-10-16)26-24(32)27-21-15-17(11-14-22(21)33-25(2,3)4)19-7-5-6-8-20(19)23-28-30-31-29-23/h5-15H,1-4H3,(H2,26,27,32)(H,28,29,30,31). The van der Waals surface area contributed by atoms with Crippen LogP contribution in [0.4, 0.5) is 16.2 Å². The number of anilines is 2. The molecule has 7 nitrogen and oxygen atoms in total. The van der Waals surface area contributed by atoms with E-state index in [2.05, 4.69) is 58.1 Å². The van der Waals surface area contributed by atoms with Crippen molar-refractivity contribution in [3.8, 4) is 22.5 Å². The number of benzene rings is 3. The summed E-state index contributed by atoms with van der Waals surface area (Å²) in [5.41, 5.74) is 5.37. The van der Waals surface area contributed by atoms with Crippen molar-refractivity contribution >= 4 is 29.2 Å². The molecule has 0 unspecified atom stereocenters. The first-order chi connectivity index (χ1) is 15.8. The van der Waals surface area contributed by atoms with Gasteiger partial charge in [0.05, 0.1) is 5.69 Å². The highest BCUT2D eigenvalue weighted by molar-refractivity contribution is 8.00. The van der Waals surface area contributed by atoms with Gasteiger partial charge in [0.1, 0.15) is 0 Å². The number of aryl methyl sites for hydroxylation is 1. The van der Waals surface area contributed by atoms with Gasteiger partial charge in [-0.3, -0.25) is 0 Å². The van der Waals surface area contributed by atoms with Crippen molar-refractivity contribution in [3.63, 3.8) is 0 Å².